The molecule has 0 aromatic rings. The third-order valence-electron chi connectivity index (χ3n) is 3.95. The minimum Gasteiger partial charge on any atom is -0.743 e. The predicted molar refractivity (Wildman–Crippen MR) is 76.9 cm³/mol. The number of hydrogen-bond acceptors (Lipinski definition) is 7. The fourth-order valence-corrected chi connectivity index (χ4v) is 2.61. The summed E-state index contributed by atoms with van der Waals surface area (Å²) in [7, 11) is -5.91. The van der Waals surface area contributed by atoms with Crippen molar-refractivity contribution >= 4 is 22.1 Å². The highest BCUT2D eigenvalue weighted by Gasteiger charge is 2.46. The number of alkyl halides is 2. The van der Waals surface area contributed by atoms with Gasteiger partial charge in [-0.3, -0.25) is 4.79 Å². The molecule has 0 aliphatic heterocycles. The van der Waals surface area contributed by atoms with Crippen LogP contribution in [0.4, 0.5) is 8.78 Å². The van der Waals surface area contributed by atoms with E-state index in [1.165, 1.54) is 6.92 Å². The van der Waals surface area contributed by atoms with Crippen LogP contribution in [-0.2, 0) is 29.2 Å². The van der Waals surface area contributed by atoms with Crippen molar-refractivity contribution in [2.24, 2.45) is 5.92 Å². The average molecular weight is 369 g/mol. The molecule has 0 saturated heterocycles. The van der Waals surface area contributed by atoms with E-state index in [-0.39, 0.29) is 18.4 Å². The van der Waals surface area contributed by atoms with Crippen LogP contribution in [0.3, 0.4) is 0 Å². The largest absolute Gasteiger partial charge is 0.743 e. The molecule has 0 N–H and O–H groups in total. The molecular formula is C14H19F2O7S-. The first-order valence-corrected chi connectivity index (χ1v) is 8.63. The molecule has 0 aromatic heterocycles. The molecular weight excluding hydrogens is 350 g/mol. The molecule has 1 aliphatic carbocycles. The van der Waals surface area contributed by atoms with E-state index in [9.17, 15) is 31.3 Å². The third-order valence-corrected chi connectivity index (χ3v) is 4.80. The van der Waals surface area contributed by atoms with Crippen molar-refractivity contribution in [2.75, 3.05) is 6.61 Å². The summed E-state index contributed by atoms with van der Waals surface area (Å²) in [5, 5.41) is -4.68. The minimum absolute atomic E-state index is 0.0665. The Bertz CT molecular complexity index is 629. The van der Waals surface area contributed by atoms with Gasteiger partial charge in [0.1, 0.15) is 5.60 Å². The Hall–Kier alpha value is -1.55. The lowest BCUT2D eigenvalue weighted by atomic mass is 9.96. The van der Waals surface area contributed by atoms with Crippen LogP contribution >= 0.6 is 0 Å². The Kier molecular flexibility index (Phi) is 6.10. The standard InChI is InChI=1S/C14H20F2O7S/c1-4-13(23-11(17)9(2)3)6-5-10(7-13)12(18)22-8-14(15,16)24(19,20)21/h10H,2,4-8H2,1,3H3,(H,19,20,21)/p-1. The number of rotatable bonds is 7. The van der Waals surface area contributed by atoms with Crippen LogP contribution in [0.2, 0.25) is 0 Å². The van der Waals surface area contributed by atoms with Crippen molar-refractivity contribution in [2.45, 2.75) is 50.4 Å². The SMILES string of the molecule is C=C(C)C(=O)OC1(CC)CCC(C(=O)OCC(F)(F)S(=O)(=O)[O-])C1. The number of carbonyl (C=O) groups is 2. The molecule has 1 fully saturated rings. The van der Waals surface area contributed by atoms with Gasteiger partial charge in [0.25, 0.3) is 0 Å². The van der Waals surface area contributed by atoms with Crippen LogP contribution in [0, 0.1) is 5.92 Å². The number of halogens is 2. The first-order valence-electron chi connectivity index (χ1n) is 7.22. The van der Waals surface area contributed by atoms with Gasteiger partial charge in [0.2, 0.25) is 0 Å². The van der Waals surface area contributed by atoms with E-state index in [2.05, 4.69) is 11.3 Å². The van der Waals surface area contributed by atoms with Gasteiger partial charge < -0.3 is 14.0 Å². The Morgan fingerprint density at radius 2 is 2.00 bits per heavy atom. The van der Waals surface area contributed by atoms with Gasteiger partial charge in [0.15, 0.2) is 16.7 Å². The summed E-state index contributed by atoms with van der Waals surface area (Å²) in [4.78, 5) is 23.5. The molecule has 10 heteroatoms. The molecule has 0 radical (unpaired) electrons. The van der Waals surface area contributed by atoms with E-state index < -0.39 is 45.4 Å². The zero-order valence-electron chi connectivity index (χ0n) is 13.3. The van der Waals surface area contributed by atoms with Crippen LogP contribution in [0.1, 0.15) is 39.5 Å². The zero-order chi connectivity index (χ0) is 18.8. The second-order valence-corrected chi connectivity index (χ2v) is 7.35. The molecule has 0 aromatic carbocycles. The fraction of sp³-hybridized carbons (Fsp3) is 0.714. The number of ether oxygens (including phenoxy) is 2. The maximum absolute atomic E-state index is 13.0. The Morgan fingerprint density at radius 3 is 2.46 bits per heavy atom. The summed E-state index contributed by atoms with van der Waals surface area (Å²) in [6, 6.07) is 0. The zero-order valence-corrected chi connectivity index (χ0v) is 14.2. The van der Waals surface area contributed by atoms with Crippen LogP contribution in [0.5, 0.6) is 0 Å². The molecule has 138 valence electrons. The van der Waals surface area contributed by atoms with Crippen molar-refractivity contribution in [1.82, 2.24) is 0 Å². The molecule has 0 bridgehead atoms. The summed E-state index contributed by atoms with van der Waals surface area (Å²) in [5.41, 5.74) is -0.735. The second kappa shape index (κ2) is 7.14. The monoisotopic (exact) mass is 369 g/mol. The average Bonchev–Trinajstić information content (AvgIpc) is 2.88. The van der Waals surface area contributed by atoms with E-state index in [1.54, 1.807) is 6.92 Å². The molecule has 1 rings (SSSR count). The predicted octanol–water partition coefficient (Wildman–Crippen LogP) is 1.74. The molecule has 0 amide bonds. The molecule has 1 saturated carbocycles. The molecule has 0 spiro atoms. The Labute approximate surface area is 138 Å². The molecule has 7 nitrogen and oxygen atoms in total. The summed E-state index contributed by atoms with van der Waals surface area (Å²) >= 11 is 0. The lowest BCUT2D eigenvalue weighted by molar-refractivity contribution is -0.160. The number of hydrogen-bond donors (Lipinski definition) is 0. The van der Waals surface area contributed by atoms with Crippen molar-refractivity contribution in [3.05, 3.63) is 12.2 Å². The van der Waals surface area contributed by atoms with Crippen molar-refractivity contribution in [3.63, 3.8) is 0 Å². The topological polar surface area (TPSA) is 110 Å². The van der Waals surface area contributed by atoms with Gasteiger partial charge in [-0.25, -0.2) is 13.2 Å². The van der Waals surface area contributed by atoms with Gasteiger partial charge in [-0.05, 0) is 26.2 Å². The molecule has 1 aliphatic rings. The quantitative estimate of drug-likeness (QED) is 0.382. The van der Waals surface area contributed by atoms with Crippen molar-refractivity contribution < 1.29 is 40.8 Å². The summed E-state index contributed by atoms with van der Waals surface area (Å²) in [6.45, 7) is 4.84. The van der Waals surface area contributed by atoms with Crippen LogP contribution < -0.4 is 0 Å². The maximum atomic E-state index is 13.0. The molecule has 0 heterocycles. The van der Waals surface area contributed by atoms with Crippen molar-refractivity contribution in [1.29, 1.82) is 0 Å². The number of esters is 2. The first-order chi connectivity index (χ1) is 10.8. The highest BCUT2D eigenvalue weighted by atomic mass is 32.2. The van der Waals surface area contributed by atoms with Crippen LogP contribution in [0.15, 0.2) is 12.2 Å². The van der Waals surface area contributed by atoms with Crippen LogP contribution in [-0.4, -0.2) is 42.4 Å². The van der Waals surface area contributed by atoms with Gasteiger partial charge in [0, 0.05) is 12.0 Å². The van der Waals surface area contributed by atoms with Gasteiger partial charge in [-0.2, -0.15) is 8.78 Å². The van der Waals surface area contributed by atoms with Gasteiger partial charge in [0.05, 0.1) is 5.92 Å². The smallest absolute Gasteiger partial charge is 0.367 e. The lowest BCUT2D eigenvalue weighted by Gasteiger charge is -2.28. The minimum atomic E-state index is -5.91. The summed E-state index contributed by atoms with van der Waals surface area (Å²) in [5.74, 6) is -2.50. The van der Waals surface area contributed by atoms with Crippen LogP contribution in [0.25, 0.3) is 0 Å². The van der Waals surface area contributed by atoms with E-state index in [4.69, 9.17) is 4.74 Å². The number of carbonyl (C=O) groups excluding carboxylic acids is 2. The second-order valence-electron chi connectivity index (χ2n) is 5.85. The van der Waals surface area contributed by atoms with Gasteiger partial charge in [-0.15, -0.1) is 0 Å². The maximum Gasteiger partial charge on any atom is 0.367 e. The Balaban J connectivity index is 2.69. The van der Waals surface area contributed by atoms with E-state index in [0.29, 0.717) is 12.8 Å². The first kappa shape index (κ1) is 20.5. The molecule has 2 atom stereocenters. The van der Waals surface area contributed by atoms with Crippen molar-refractivity contribution in [3.8, 4) is 0 Å². The normalized spacial score (nSPS) is 24.5. The summed E-state index contributed by atoms with van der Waals surface area (Å²) < 4.78 is 66.7. The molecule has 2 unspecified atom stereocenters. The lowest BCUT2D eigenvalue weighted by Crippen LogP contribution is -2.36. The Morgan fingerprint density at radius 1 is 1.42 bits per heavy atom. The van der Waals surface area contributed by atoms with E-state index >= 15 is 0 Å². The highest BCUT2D eigenvalue weighted by Crippen LogP contribution is 2.41. The van der Waals surface area contributed by atoms with E-state index in [0.717, 1.165) is 0 Å². The van der Waals surface area contributed by atoms with E-state index in [1.807, 2.05) is 0 Å². The highest BCUT2D eigenvalue weighted by molar-refractivity contribution is 7.86. The van der Waals surface area contributed by atoms with Gasteiger partial charge >= 0.3 is 17.2 Å². The third kappa shape index (κ3) is 4.73. The van der Waals surface area contributed by atoms with Gasteiger partial charge in [-0.1, -0.05) is 13.5 Å². The summed E-state index contributed by atoms with van der Waals surface area (Å²) in [6.07, 6.45) is 1.03. The molecule has 24 heavy (non-hydrogen) atoms. The fourth-order valence-electron chi connectivity index (χ4n) is 2.41.